The first kappa shape index (κ1) is 18.6. The number of hydrogen-bond acceptors (Lipinski definition) is 3. The molecule has 3 heterocycles. The fourth-order valence-corrected chi connectivity index (χ4v) is 4.66. The van der Waals surface area contributed by atoms with Gasteiger partial charge in [0, 0.05) is 31.8 Å². The highest BCUT2D eigenvalue weighted by atomic mass is 32.1. The largest absolute Gasteiger partial charge is 0.340 e. The average molecular weight is 415 g/mol. The Balaban J connectivity index is 1.63. The molecule has 0 unspecified atom stereocenters. The number of hydrogen-bond donors (Lipinski definition) is 1. The molecular weight excluding hydrogens is 392 g/mol. The van der Waals surface area contributed by atoms with E-state index in [-0.39, 0.29) is 5.69 Å². The summed E-state index contributed by atoms with van der Waals surface area (Å²) in [5.74, 6) is 0.895. The topological polar surface area (TPSA) is 55.6 Å². The van der Waals surface area contributed by atoms with Gasteiger partial charge < -0.3 is 4.98 Å². The second kappa shape index (κ2) is 7.15. The van der Waals surface area contributed by atoms with Gasteiger partial charge in [0.15, 0.2) is 0 Å². The van der Waals surface area contributed by atoms with E-state index in [9.17, 15) is 4.79 Å². The van der Waals surface area contributed by atoms with Crippen LogP contribution < -0.4 is 5.69 Å². The van der Waals surface area contributed by atoms with Crippen LogP contribution >= 0.6 is 11.3 Å². The van der Waals surface area contributed by atoms with Gasteiger partial charge in [-0.05, 0) is 41.6 Å². The second-order valence-electron chi connectivity index (χ2n) is 7.61. The maximum absolute atomic E-state index is 12.3. The third-order valence-corrected chi connectivity index (χ3v) is 6.53. The Morgan fingerprint density at radius 3 is 2.57 bits per heavy atom. The molecule has 5 aromatic rings. The zero-order chi connectivity index (χ0) is 20.8. The molecular formula is C24H22N4OS. The molecule has 3 aromatic heterocycles. The van der Waals surface area contributed by atoms with E-state index < -0.39 is 0 Å². The minimum Gasteiger partial charge on any atom is -0.340 e. The molecule has 0 saturated carbocycles. The average Bonchev–Trinajstić information content (AvgIpc) is 3.46. The zero-order valence-electron chi connectivity index (χ0n) is 17.1. The van der Waals surface area contributed by atoms with Crippen molar-refractivity contribution in [3.8, 4) is 22.0 Å². The van der Waals surface area contributed by atoms with Crippen LogP contribution in [0.25, 0.3) is 33.0 Å². The molecule has 0 fully saturated rings. The summed E-state index contributed by atoms with van der Waals surface area (Å²) in [6, 6.07) is 18.7. The molecule has 0 aliphatic heterocycles. The van der Waals surface area contributed by atoms with Crippen molar-refractivity contribution in [3.63, 3.8) is 0 Å². The Labute approximate surface area is 178 Å². The molecule has 30 heavy (non-hydrogen) atoms. The van der Waals surface area contributed by atoms with E-state index in [1.165, 1.54) is 5.56 Å². The summed E-state index contributed by atoms with van der Waals surface area (Å²) < 4.78 is 3.38. The van der Waals surface area contributed by atoms with Gasteiger partial charge in [0.05, 0.1) is 21.6 Å². The molecule has 5 nitrogen and oxygen atoms in total. The first-order chi connectivity index (χ1) is 14.5. The zero-order valence-corrected chi connectivity index (χ0v) is 18.0. The van der Waals surface area contributed by atoms with Gasteiger partial charge in [-0.3, -0.25) is 9.13 Å². The third kappa shape index (κ3) is 3.00. The quantitative estimate of drug-likeness (QED) is 0.455. The Morgan fingerprint density at radius 2 is 1.80 bits per heavy atom. The fraction of sp³-hybridized carbons (Fsp3) is 0.167. The van der Waals surface area contributed by atoms with Gasteiger partial charge in [0.2, 0.25) is 0 Å². The fourth-order valence-electron chi connectivity index (χ4n) is 4.00. The number of imidazole rings is 2. The Bertz CT molecular complexity index is 1420. The molecule has 0 amide bonds. The summed E-state index contributed by atoms with van der Waals surface area (Å²) >= 11 is 1.68. The van der Waals surface area contributed by atoms with Crippen LogP contribution in [0.2, 0.25) is 0 Å². The van der Waals surface area contributed by atoms with Crippen molar-refractivity contribution in [2.45, 2.75) is 13.3 Å². The molecule has 0 radical (unpaired) electrons. The smallest absolute Gasteiger partial charge is 0.328 e. The lowest BCUT2D eigenvalue weighted by Gasteiger charge is -2.07. The first-order valence-electron chi connectivity index (χ1n) is 9.86. The van der Waals surface area contributed by atoms with Crippen LogP contribution in [0.15, 0.2) is 64.8 Å². The van der Waals surface area contributed by atoms with E-state index in [0.717, 1.165) is 44.2 Å². The van der Waals surface area contributed by atoms with E-state index >= 15 is 0 Å². The Morgan fingerprint density at radius 1 is 1.00 bits per heavy atom. The van der Waals surface area contributed by atoms with Crippen LogP contribution in [0, 0.1) is 6.92 Å². The van der Waals surface area contributed by atoms with E-state index in [4.69, 9.17) is 4.98 Å². The van der Waals surface area contributed by atoms with E-state index in [0.29, 0.717) is 6.42 Å². The lowest BCUT2D eigenvalue weighted by atomic mass is 10.0. The number of aromatic nitrogens is 4. The predicted octanol–water partition coefficient (Wildman–Crippen LogP) is 4.89. The molecule has 0 atom stereocenters. The molecule has 150 valence electrons. The van der Waals surface area contributed by atoms with Gasteiger partial charge in [-0.1, -0.05) is 36.4 Å². The summed E-state index contributed by atoms with van der Waals surface area (Å²) in [5, 5.41) is 2.06. The Hall–Kier alpha value is -3.38. The number of aryl methyl sites for hydroxylation is 3. The predicted molar refractivity (Wildman–Crippen MR) is 123 cm³/mol. The first-order valence-corrected chi connectivity index (χ1v) is 10.7. The second-order valence-corrected chi connectivity index (χ2v) is 8.55. The summed E-state index contributed by atoms with van der Waals surface area (Å²) in [6.45, 7) is 2.12. The number of nitrogens with one attached hydrogen (secondary N) is 1. The van der Waals surface area contributed by atoms with Gasteiger partial charge in [0.25, 0.3) is 0 Å². The highest BCUT2D eigenvalue weighted by Gasteiger charge is 2.17. The number of aromatic amines is 1. The number of fused-ring (bicyclic) bond motifs is 1. The van der Waals surface area contributed by atoms with Crippen LogP contribution in [0.5, 0.6) is 0 Å². The number of rotatable bonds is 4. The van der Waals surface area contributed by atoms with Gasteiger partial charge in [0.1, 0.15) is 5.82 Å². The van der Waals surface area contributed by atoms with Gasteiger partial charge in [-0.15, -0.1) is 11.3 Å². The van der Waals surface area contributed by atoms with Crippen molar-refractivity contribution >= 4 is 22.4 Å². The van der Waals surface area contributed by atoms with Gasteiger partial charge in [-0.25, -0.2) is 9.78 Å². The summed E-state index contributed by atoms with van der Waals surface area (Å²) in [5.41, 5.74) is 7.41. The molecule has 0 aliphatic rings. The van der Waals surface area contributed by atoms with Crippen molar-refractivity contribution in [2.75, 3.05) is 0 Å². The highest BCUT2D eigenvalue weighted by Crippen LogP contribution is 2.31. The SMILES string of the molecule is Cc1ccccc1-c1nc(-c2cccs2)[nH]c1Cc1ccc2c(c1)n(C)c(=O)n2C. The minimum atomic E-state index is -0.00993. The van der Waals surface area contributed by atoms with Crippen LogP contribution in [-0.2, 0) is 20.5 Å². The van der Waals surface area contributed by atoms with E-state index in [1.807, 2.05) is 26.2 Å². The molecule has 0 aliphatic carbocycles. The number of benzene rings is 2. The maximum atomic E-state index is 12.3. The number of thiophene rings is 1. The van der Waals surface area contributed by atoms with Crippen molar-refractivity contribution < 1.29 is 0 Å². The van der Waals surface area contributed by atoms with Crippen LogP contribution in [0.4, 0.5) is 0 Å². The van der Waals surface area contributed by atoms with Crippen molar-refractivity contribution in [1.29, 1.82) is 0 Å². The molecule has 0 saturated heterocycles. The minimum absolute atomic E-state index is 0.00993. The summed E-state index contributed by atoms with van der Waals surface area (Å²) in [7, 11) is 3.63. The van der Waals surface area contributed by atoms with Crippen LogP contribution in [-0.4, -0.2) is 19.1 Å². The normalized spacial score (nSPS) is 11.4. The molecule has 2 aromatic carbocycles. The third-order valence-electron chi connectivity index (χ3n) is 5.65. The summed E-state index contributed by atoms with van der Waals surface area (Å²) in [6.07, 6.45) is 0.709. The van der Waals surface area contributed by atoms with Crippen LogP contribution in [0.3, 0.4) is 0 Å². The summed E-state index contributed by atoms with van der Waals surface area (Å²) in [4.78, 5) is 21.9. The number of H-pyrrole nitrogens is 1. The Kier molecular flexibility index (Phi) is 4.44. The molecule has 1 N–H and O–H groups in total. The highest BCUT2D eigenvalue weighted by molar-refractivity contribution is 7.13. The van der Waals surface area contributed by atoms with Gasteiger partial charge >= 0.3 is 5.69 Å². The monoisotopic (exact) mass is 414 g/mol. The number of nitrogens with zero attached hydrogens (tertiary/aromatic N) is 3. The maximum Gasteiger partial charge on any atom is 0.328 e. The molecule has 5 rings (SSSR count). The van der Waals surface area contributed by atoms with E-state index in [2.05, 4.69) is 59.8 Å². The lowest BCUT2D eigenvalue weighted by Crippen LogP contribution is -2.19. The van der Waals surface area contributed by atoms with Gasteiger partial charge in [-0.2, -0.15) is 0 Å². The van der Waals surface area contributed by atoms with Crippen molar-refractivity contribution in [3.05, 3.63) is 87.3 Å². The lowest BCUT2D eigenvalue weighted by molar-refractivity contribution is 0.795. The van der Waals surface area contributed by atoms with Crippen molar-refractivity contribution in [2.24, 2.45) is 14.1 Å². The van der Waals surface area contributed by atoms with Crippen molar-refractivity contribution in [1.82, 2.24) is 19.1 Å². The molecule has 0 spiro atoms. The van der Waals surface area contributed by atoms with Crippen LogP contribution in [0.1, 0.15) is 16.8 Å². The molecule has 6 heteroatoms. The molecule has 0 bridgehead atoms. The standard InChI is InChI=1S/C24H22N4OS/c1-15-7-4-5-8-17(15)22-18(25-23(26-22)21-9-6-12-30-21)13-16-10-11-19-20(14-16)28(3)24(29)27(19)2/h4-12,14H,13H2,1-3H3,(H,25,26). The van der Waals surface area contributed by atoms with E-state index in [1.54, 1.807) is 20.5 Å².